The van der Waals surface area contributed by atoms with E-state index >= 15 is 0 Å². The molecule has 1 aliphatic rings. The number of non-ortho nitro benzene ring substituents is 1. The van der Waals surface area contributed by atoms with Gasteiger partial charge < -0.3 is 9.80 Å². The Kier molecular flexibility index (Phi) is 5.58. The van der Waals surface area contributed by atoms with E-state index in [1.807, 2.05) is 18.2 Å². The SMILES string of the molecule is CN1CCN(c2cc3ccccc3c(-c3ccc([N+](=O)[O-])cc3)n2)CC1.Cl. The zero-order valence-corrected chi connectivity index (χ0v) is 15.9. The molecule has 0 aliphatic carbocycles. The van der Waals surface area contributed by atoms with Crippen LogP contribution in [0.15, 0.2) is 54.6 Å². The number of piperazine rings is 1. The molecule has 1 saturated heterocycles. The van der Waals surface area contributed by atoms with Crippen molar-refractivity contribution in [2.75, 3.05) is 38.1 Å². The van der Waals surface area contributed by atoms with Crippen molar-refractivity contribution in [3.05, 3.63) is 64.7 Å². The highest BCUT2D eigenvalue weighted by Crippen LogP contribution is 2.31. The van der Waals surface area contributed by atoms with Gasteiger partial charge in [0.2, 0.25) is 0 Å². The topological polar surface area (TPSA) is 62.5 Å². The molecule has 3 aromatic rings. The van der Waals surface area contributed by atoms with Crippen molar-refractivity contribution in [1.29, 1.82) is 0 Å². The zero-order valence-electron chi connectivity index (χ0n) is 15.0. The molecule has 0 spiro atoms. The molecule has 0 radical (unpaired) electrons. The number of aromatic nitrogens is 1. The van der Waals surface area contributed by atoms with Crippen LogP contribution in [0.25, 0.3) is 22.0 Å². The fourth-order valence-corrected chi connectivity index (χ4v) is 3.34. The van der Waals surface area contributed by atoms with Crippen molar-refractivity contribution in [2.45, 2.75) is 0 Å². The number of benzene rings is 2. The normalized spacial score (nSPS) is 14.8. The Morgan fingerprint density at radius 2 is 1.67 bits per heavy atom. The molecule has 0 amide bonds. The molecule has 140 valence electrons. The maximum absolute atomic E-state index is 10.9. The van der Waals surface area contributed by atoms with Gasteiger partial charge in [-0.1, -0.05) is 24.3 Å². The molecule has 4 rings (SSSR count). The Labute approximate surface area is 164 Å². The van der Waals surface area contributed by atoms with E-state index in [0.717, 1.165) is 54.0 Å². The van der Waals surface area contributed by atoms with Gasteiger partial charge in [-0.05, 0) is 30.6 Å². The summed E-state index contributed by atoms with van der Waals surface area (Å²) in [5.41, 5.74) is 1.85. The molecular weight excluding hydrogens is 364 g/mol. The Balaban J connectivity index is 0.00000210. The number of rotatable bonds is 3. The number of likely N-dealkylation sites (N-methyl/N-ethyl adjacent to an activating group) is 1. The maximum Gasteiger partial charge on any atom is 0.269 e. The van der Waals surface area contributed by atoms with Crippen LogP contribution in [-0.4, -0.2) is 48.0 Å². The summed E-state index contributed by atoms with van der Waals surface area (Å²) >= 11 is 0. The van der Waals surface area contributed by atoms with E-state index in [9.17, 15) is 10.1 Å². The molecular formula is C20H21ClN4O2. The van der Waals surface area contributed by atoms with Crippen molar-refractivity contribution >= 4 is 34.7 Å². The highest BCUT2D eigenvalue weighted by atomic mass is 35.5. The summed E-state index contributed by atoms with van der Waals surface area (Å²) in [5, 5.41) is 13.1. The second-order valence-electron chi connectivity index (χ2n) is 6.64. The van der Waals surface area contributed by atoms with E-state index in [2.05, 4.69) is 29.0 Å². The summed E-state index contributed by atoms with van der Waals surface area (Å²) in [6.07, 6.45) is 0. The highest BCUT2D eigenvalue weighted by Gasteiger charge is 2.18. The molecule has 1 aliphatic heterocycles. The molecule has 0 saturated carbocycles. The predicted octanol–water partition coefficient (Wildman–Crippen LogP) is 3.98. The van der Waals surface area contributed by atoms with Crippen molar-refractivity contribution < 1.29 is 4.92 Å². The molecule has 0 bridgehead atoms. The first kappa shape index (κ1) is 19.1. The van der Waals surface area contributed by atoms with E-state index in [-0.39, 0.29) is 23.0 Å². The molecule has 0 atom stereocenters. The first-order valence-electron chi connectivity index (χ1n) is 8.70. The van der Waals surface area contributed by atoms with Gasteiger partial charge in [-0.2, -0.15) is 0 Å². The van der Waals surface area contributed by atoms with Crippen molar-refractivity contribution in [1.82, 2.24) is 9.88 Å². The molecule has 2 heterocycles. The van der Waals surface area contributed by atoms with E-state index in [4.69, 9.17) is 4.98 Å². The quantitative estimate of drug-likeness (QED) is 0.504. The standard InChI is InChI=1S/C20H20N4O2.ClH/c1-22-10-12-23(13-11-22)19-14-16-4-2-3-5-18(16)20(21-19)15-6-8-17(9-7-15)24(25)26;/h2-9,14H,10-13H2,1H3;1H. The Morgan fingerprint density at radius 1 is 1.00 bits per heavy atom. The van der Waals surface area contributed by atoms with Gasteiger partial charge in [0.15, 0.2) is 0 Å². The lowest BCUT2D eigenvalue weighted by atomic mass is 10.0. The third kappa shape index (κ3) is 3.86. The van der Waals surface area contributed by atoms with Gasteiger partial charge in [-0.3, -0.25) is 10.1 Å². The van der Waals surface area contributed by atoms with Gasteiger partial charge in [0, 0.05) is 49.3 Å². The van der Waals surface area contributed by atoms with E-state index in [1.165, 1.54) is 12.1 Å². The van der Waals surface area contributed by atoms with Gasteiger partial charge >= 0.3 is 0 Å². The number of nitro groups is 1. The van der Waals surface area contributed by atoms with Crippen LogP contribution in [0.4, 0.5) is 11.5 Å². The first-order valence-corrected chi connectivity index (χ1v) is 8.70. The van der Waals surface area contributed by atoms with Gasteiger partial charge in [0.25, 0.3) is 5.69 Å². The van der Waals surface area contributed by atoms with Crippen LogP contribution in [0.3, 0.4) is 0 Å². The largest absolute Gasteiger partial charge is 0.354 e. The summed E-state index contributed by atoms with van der Waals surface area (Å²) in [4.78, 5) is 20.1. The van der Waals surface area contributed by atoms with E-state index in [1.54, 1.807) is 12.1 Å². The van der Waals surface area contributed by atoms with Crippen molar-refractivity contribution in [3.63, 3.8) is 0 Å². The summed E-state index contributed by atoms with van der Waals surface area (Å²) < 4.78 is 0. The molecule has 0 unspecified atom stereocenters. The number of halogens is 1. The molecule has 1 aromatic heterocycles. The monoisotopic (exact) mass is 384 g/mol. The lowest BCUT2D eigenvalue weighted by Gasteiger charge is -2.33. The number of hydrogen-bond donors (Lipinski definition) is 0. The maximum atomic E-state index is 10.9. The molecule has 2 aromatic carbocycles. The first-order chi connectivity index (χ1) is 12.6. The summed E-state index contributed by atoms with van der Waals surface area (Å²) in [6, 6.07) is 16.9. The number of hydrogen-bond acceptors (Lipinski definition) is 5. The fourth-order valence-electron chi connectivity index (χ4n) is 3.34. The number of pyridine rings is 1. The van der Waals surface area contributed by atoms with Crippen LogP contribution < -0.4 is 4.90 Å². The number of nitro benzene ring substituents is 1. The minimum Gasteiger partial charge on any atom is -0.354 e. The summed E-state index contributed by atoms with van der Waals surface area (Å²) in [7, 11) is 2.13. The van der Waals surface area contributed by atoms with Crippen LogP contribution >= 0.6 is 12.4 Å². The summed E-state index contributed by atoms with van der Waals surface area (Å²) in [5.74, 6) is 0.963. The number of anilines is 1. The lowest BCUT2D eigenvalue weighted by Crippen LogP contribution is -2.44. The second kappa shape index (κ2) is 7.90. The Morgan fingerprint density at radius 3 is 2.33 bits per heavy atom. The molecule has 27 heavy (non-hydrogen) atoms. The molecule has 6 nitrogen and oxygen atoms in total. The van der Waals surface area contributed by atoms with Gasteiger partial charge in [-0.25, -0.2) is 4.98 Å². The van der Waals surface area contributed by atoms with Gasteiger partial charge in [0.05, 0.1) is 10.6 Å². The van der Waals surface area contributed by atoms with E-state index in [0.29, 0.717) is 0 Å². The molecule has 1 fully saturated rings. The highest BCUT2D eigenvalue weighted by molar-refractivity contribution is 5.96. The van der Waals surface area contributed by atoms with Crippen LogP contribution in [0.2, 0.25) is 0 Å². The zero-order chi connectivity index (χ0) is 18.1. The molecule has 0 N–H and O–H groups in total. The average molecular weight is 385 g/mol. The number of nitrogens with zero attached hydrogens (tertiary/aromatic N) is 4. The van der Waals surface area contributed by atoms with Crippen molar-refractivity contribution in [3.8, 4) is 11.3 Å². The number of fused-ring (bicyclic) bond motifs is 1. The summed E-state index contributed by atoms with van der Waals surface area (Å²) in [6.45, 7) is 3.92. The average Bonchev–Trinajstić information content (AvgIpc) is 2.68. The Hall–Kier alpha value is -2.70. The Bertz CT molecular complexity index is 954. The van der Waals surface area contributed by atoms with Gasteiger partial charge in [-0.15, -0.1) is 12.4 Å². The third-order valence-corrected chi connectivity index (χ3v) is 4.91. The lowest BCUT2D eigenvalue weighted by molar-refractivity contribution is -0.384. The predicted molar refractivity (Wildman–Crippen MR) is 111 cm³/mol. The van der Waals surface area contributed by atoms with Crippen LogP contribution in [0.1, 0.15) is 0 Å². The smallest absolute Gasteiger partial charge is 0.269 e. The second-order valence-corrected chi connectivity index (χ2v) is 6.64. The van der Waals surface area contributed by atoms with Crippen LogP contribution in [0.5, 0.6) is 0 Å². The van der Waals surface area contributed by atoms with Crippen LogP contribution in [0, 0.1) is 10.1 Å². The van der Waals surface area contributed by atoms with Crippen molar-refractivity contribution in [2.24, 2.45) is 0 Å². The molecule has 7 heteroatoms. The third-order valence-electron chi connectivity index (χ3n) is 4.91. The van der Waals surface area contributed by atoms with Crippen LogP contribution in [-0.2, 0) is 0 Å². The van der Waals surface area contributed by atoms with Gasteiger partial charge in [0.1, 0.15) is 5.82 Å². The fraction of sp³-hybridized carbons (Fsp3) is 0.250. The minimum absolute atomic E-state index is 0. The minimum atomic E-state index is -0.379. The van der Waals surface area contributed by atoms with E-state index < -0.39 is 0 Å².